The average molecular weight is 393 g/mol. The van der Waals surface area contributed by atoms with Crippen LogP contribution in [-0.2, 0) is 23.1 Å². The molecule has 1 aromatic rings. The zero-order valence-corrected chi connectivity index (χ0v) is 17.2. The number of likely N-dealkylation sites (tertiary alicyclic amines) is 1. The lowest BCUT2D eigenvalue weighted by Gasteiger charge is -2.39. The van der Waals surface area contributed by atoms with Gasteiger partial charge in [-0.1, -0.05) is 0 Å². The Kier molecular flexibility index (Phi) is 6.59. The van der Waals surface area contributed by atoms with Gasteiger partial charge in [0.25, 0.3) is 5.56 Å². The van der Waals surface area contributed by atoms with E-state index in [9.17, 15) is 14.4 Å². The first-order valence-electron chi connectivity index (χ1n) is 10.3. The number of nitrogens with zero attached hydrogens (tertiary/aromatic N) is 4. The van der Waals surface area contributed by atoms with E-state index in [2.05, 4.69) is 0 Å². The summed E-state index contributed by atoms with van der Waals surface area (Å²) in [4.78, 5) is 41.7. The zero-order chi connectivity index (χ0) is 20.3. The molecule has 0 N–H and O–H groups in total. The van der Waals surface area contributed by atoms with Crippen LogP contribution in [0.3, 0.4) is 0 Å². The Labute approximate surface area is 165 Å². The second-order valence-corrected chi connectivity index (χ2v) is 7.94. The van der Waals surface area contributed by atoms with Gasteiger partial charge in [0, 0.05) is 59.6 Å². The van der Waals surface area contributed by atoms with Crippen molar-refractivity contribution in [3.63, 3.8) is 0 Å². The van der Waals surface area contributed by atoms with Crippen LogP contribution in [0.4, 0.5) is 5.82 Å². The molecular formula is C20H32N4O4. The summed E-state index contributed by atoms with van der Waals surface area (Å²) in [6.45, 7) is 6.03. The molecule has 8 heteroatoms. The van der Waals surface area contributed by atoms with Gasteiger partial charge in [-0.05, 0) is 38.5 Å². The molecular weight excluding hydrogens is 360 g/mol. The van der Waals surface area contributed by atoms with E-state index >= 15 is 0 Å². The highest BCUT2D eigenvalue weighted by Crippen LogP contribution is 2.25. The van der Waals surface area contributed by atoms with Crippen LogP contribution in [0, 0.1) is 11.8 Å². The van der Waals surface area contributed by atoms with Crippen molar-refractivity contribution in [2.75, 3.05) is 44.8 Å². The summed E-state index contributed by atoms with van der Waals surface area (Å²) in [5.74, 6) is 1.29. The normalized spacial score (nSPS) is 21.2. The molecule has 0 aromatic carbocycles. The molecule has 28 heavy (non-hydrogen) atoms. The highest BCUT2D eigenvalue weighted by molar-refractivity contribution is 5.79. The van der Waals surface area contributed by atoms with E-state index in [1.807, 2.05) is 16.7 Å². The van der Waals surface area contributed by atoms with Gasteiger partial charge in [0.05, 0.1) is 5.92 Å². The Hall–Kier alpha value is -2.09. The second kappa shape index (κ2) is 8.94. The number of carbonyl (C=O) groups is 1. The Morgan fingerprint density at radius 1 is 1.18 bits per heavy atom. The van der Waals surface area contributed by atoms with Crippen LogP contribution in [-0.4, -0.2) is 59.8 Å². The molecule has 3 rings (SSSR count). The summed E-state index contributed by atoms with van der Waals surface area (Å²) in [6.07, 6.45) is 3.71. The first-order valence-corrected chi connectivity index (χ1v) is 10.3. The minimum Gasteiger partial charge on any atom is -0.384 e. The predicted octanol–water partition coefficient (Wildman–Crippen LogP) is 0.668. The number of amides is 1. The summed E-state index contributed by atoms with van der Waals surface area (Å²) >= 11 is 0. The fraction of sp³-hybridized carbons (Fsp3) is 0.750. The molecule has 0 radical (unpaired) electrons. The largest absolute Gasteiger partial charge is 0.384 e. The van der Waals surface area contributed by atoms with Gasteiger partial charge in [0.2, 0.25) is 5.91 Å². The van der Waals surface area contributed by atoms with E-state index in [4.69, 9.17) is 4.74 Å². The van der Waals surface area contributed by atoms with Crippen LogP contribution in [0.2, 0.25) is 0 Å². The maximum atomic E-state index is 13.1. The monoisotopic (exact) mass is 392 g/mol. The number of carbonyl (C=O) groups excluding carboxylic acids is 1. The van der Waals surface area contributed by atoms with Crippen molar-refractivity contribution in [3.8, 4) is 0 Å². The molecule has 0 spiro atoms. The first kappa shape index (κ1) is 20.6. The molecule has 3 heterocycles. The van der Waals surface area contributed by atoms with Crippen molar-refractivity contribution >= 4 is 11.7 Å². The Morgan fingerprint density at radius 2 is 1.89 bits per heavy atom. The van der Waals surface area contributed by atoms with Crippen molar-refractivity contribution < 1.29 is 9.53 Å². The minimum absolute atomic E-state index is 0.0859. The van der Waals surface area contributed by atoms with Gasteiger partial charge in [0.15, 0.2) is 0 Å². The molecule has 1 unspecified atom stereocenters. The predicted molar refractivity (Wildman–Crippen MR) is 108 cm³/mol. The molecule has 2 aliphatic rings. The highest BCUT2D eigenvalue weighted by Gasteiger charge is 2.32. The summed E-state index contributed by atoms with van der Waals surface area (Å²) in [5.41, 5.74) is -0.614. The lowest BCUT2D eigenvalue weighted by molar-refractivity contribution is -0.137. The highest BCUT2D eigenvalue weighted by atomic mass is 16.5. The number of hydrogen-bond donors (Lipinski definition) is 0. The molecule has 0 bridgehead atoms. The van der Waals surface area contributed by atoms with E-state index in [-0.39, 0.29) is 23.1 Å². The van der Waals surface area contributed by atoms with E-state index < -0.39 is 0 Å². The molecule has 8 nitrogen and oxygen atoms in total. The summed E-state index contributed by atoms with van der Waals surface area (Å²) in [7, 11) is 3.22. The molecule has 2 aliphatic heterocycles. The van der Waals surface area contributed by atoms with Crippen LogP contribution < -0.4 is 16.1 Å². The standard InChI is InChI=1S/C20H32N4O4/c1-4-24-17(12-18(25)21(2)20(24)27)23-9-5-6-16(13-23)19(26)22-10-7-15(8-11-22)14-28-3/h12,15-16H,4-11,13-14H2,1-3H3. The number of piperidine rings is 2. The Morgan fingerprint density at radius 3 is 2.54 bits per heavy atom. The lowest BCUT2D eigenvalue weighted by atomic mass is 9.93. The van der Waals surface area contributed by atoms with Gasteiger partial charge in [0.1, 0.15) is 5.82 Å². The van der Waals surface area contributed by atoms with Gasteiger partial charge >= 0.3 is 5.69 Å². The first-order chi connectivity index (χ1) is 13.5. The number of methoxy groups -OCH3 is 1. The third-order valence-corrected chi connectivity index (χ3v) is 6.12. The van der Waals surface area contributed by atoms with Gasteiger partial charge in [-0.25, -0.2) is 4.79 Å². The van der Waals surface area contributed by atoms with E-state index in [1.54, 1.807) is 11.7 Å². The Balaban J connectivity index is 1.72. The maximum Gasteiger partial charge on any atom is 0.332 e. The lowest BCUT2D eigenvalue weighted by Crippen LogP contribution is -2.49. The van der Waals surface area contributed by atoms with Crippen molar-refractivity contribution in [2.45, 2.75) is 39.2 Å². The number of aromatic nitrogens is 2. The number of rotatable bonds is 5. The molecule has 1 amide bonds. The quantitative estimate of drug-likeness (QED) is 0.736. The van der Waals surface area contributed by atoms with Crippen molar-refractivity contribution in [1.29, 1.82) is 0 Å². The van der Waals surface area contributed by atoms with Gasteiger partial charge < -0.3 is 14.5 Å². The van der Waals surface area contributed by atoms with Gasteiger partial charge in [-0.15, -0.1) is 0 Å². The molecule has 1 atom stereocenters. The smallest absolute Gasteiger partial charge is 0.332 e. The molecule has 1 aromatic heterocycles. The van der Waals surface area contributed by atoms with Gasteiger partial charge in [-0.3, -0.25) is 18.7 Å². The van der Waals surface area contributed by atoms with Gasteiger partial charge in [-0.2, -0.15) is 0 Å². The van der Waals surface area contributed by atoms with E-state index in [0.29, 0.717) is 24.8 Å². The van der Waals surface area contributed by atoms with Crippen LogP contribution in [0.1, 0.15) is 32.6 Å². The second-order valence-electron chi connectivity index (χ2n) is 7.94. The molecule has 156 valence electrons. The van der Waals surface area contributed by atoms with E-state index in [1.165, 1.54) is 13.1 Å². The fourth-order valence-corrected chi connectivity index (χ4v) is 4.42. The van der Waals surface area contributed by atoms with Crippen molar-refractivity contribution in [3.05, 3.63) is 26.9 Å². The SMILES string of the molecule is CCn1c(N2CCCC(C(=O)N3CCC(COC)CC3)C2)cc(=O)n(C)c1=O. The molecule has 0 aliphatic carbocycles. The zero-order valence-electron chi connectivity index (χ0n) is 17.2. The van der Waals surface area contributed by atoms with Crippen molar-refractivity contribution in [2.24, 2.45) is 18.9 Å². The number of hydrogen-bond acceptors (Lipinski definition) is 5. The summed E-state index contributed by atoms with van der Waals surface area (Å²) in [6, 6.07) is 1.52. The number of ether oxygens (including phenoxy) is 1. The van der Waals surface area contributed by atoms with Crippen molar-refractivity contribution in [1.82, 2.24) is 14.0 Å². The average Bonchev–Trinajstić information content (AvgIpc) is 2.72. The summed E-state index contributed by atoms with van der Waals surface area (Å²) in [5, 5.41) is 0. The van der Waals surface area contributed by atoms with Crippen LogP contribution in [0.25, 0.3) is 0 Å². The van der Waals surface area contributed by atoms with Crippen LogP contribution >= 0.6 is 0 Å². The van der Waals surface area contributed by atoms with Crippen LogP contribution in [0.5, 0.6) is 0 Å². The third-order valence-electron chi connectivity index (χ3n) is 6.12. The molecule has 0 saturated carbocycles. The van der Waals surface area contributed by atoms with E-state index in [0.717, 1.165) is 56.5 Å². The third kappa shape index (κ3) is 4.16. The fourth-order valence-electron chi connectivity index (χ4n) is 4.42. The Bertz CT molecular complexity index is 807. The molecule has 2 fully saturated rings. The number of anilines is 1. The minimum atomic E-state index is -0.307. The molecule has 2 saturated heterocycles. The topological polar surface area (TPSA) is 76.8 Å². The maximum absolute atomic E-state index is 13.1. The van der Waals surface area contributed by atoms with Crippen LogP contribution in [0.15, 0.2) is 15.7 Å². The summed E-state index contributed by atoms with van der Waals surface area (Å²) < 4.78 is 7.98.